The summed E-state index contributed by atoms with van der Waals surface area (Å²) in [4.78, 5) is 11.8. The van der Waals surface area contributed by atoms with Crippen molar-refractivity contribution < 1.29 is 4.79 Å². The zero-order chi connectivity index (χ0) is 5.70. The van der Waals surface area contributed by atoms with E-state index in [1.54, 1.807) is 0 Å². The Morgan fingerprint density at radius 1 is 2.00 bits per heavy atom. The van der Waals surface area contributed by atoms with Gasteiger partial charge in [-0.1, -0.05) is 11.7 Å². The summed E-state index contributed by atoms with van der Waals surface area (Å²) >= 11 is 0. The summed E-state index contributed by atoms with van der Waals surface area (Å²) in [5.74, 6) is 0. The van der Waals surface area contributed by atoms with E-state index in [2.05, 4.69) is 16.6 Å². The number of azide groups is 1. The Morgan fingerprint density at radius 3 is 2.71 bits per heavy atom. The zero-order valence-corrected chi connectivity index (χ0v) is 3.53. The first-order valence-electron chi connectivity index (χ1n) is 1.50. The van der Waals surface area contributed by atoms with Crippen LogP contribution in [0, 0.1) is 0 Å². The highest BCUT2D eigenvalue weighted by Crippen LogP contribution is 1.82. The lowest BCUT2D eigenvalue weighted by Crippen LogP contribution is -1.68. The highest BCUT2D eigenvalue weighted by atomic mass is 16.1. The van der Waals surface area contributed by atoms with Gasteiger partial charge in [-0.2, -0.15) is 0 Å². The molecule has 0 saturated carbocycles. The molecule has 0 spiro atoms. The molecule has 0 heterocycles. The van der Waals surface area contributed by atoms with Gasteiger partial charge in [0.25, 0.3) is 0 Å². The van der Waals surface area contributed by atoms with Crippen LogP contribution in [0.15, 0.2) is 17.4 Å². The molecule has 0 rings (SSSR count). The number of carbonyl (C=O) groups excluding carboxylic acids is 1. The lowest BCUT2D eigenvalue weighted by Gasteiger charge is -1.69. The molecule has 0 radical (unpaired) electrons. The Labute approximate surface area is 40.1 Å². The third-order valence-corrected chi connectivity index (χ3v) is 0.309. The fourth-order valence-electron chi connectivity index (χ4n) is 0.0810. The Kier molecular flexibility index (Phi) is 2.40. The molecule has 7 heavy (non-hydrogen) atoms. The van der Waals surface area contributed by atoms with Crippen molar-refractivity contribution >= 4 is 6.29 Å². The second-order valence-corrected chi connectivity index (χ2v) is 0.799. The van der Waals surface area contributed by atoms with Gasteiger partial charge >= 0.3 is 0 Å². The van der Waals surface area contributed by atoms with Crippen molar-refractivity contribution in [2.75, 3.05) is 0 Å². The van der Waals surface area contributed by atoms with Crippen molar-refractivity contribution in [3.8, 4) is 0 Å². The van der Waals surface area contributed by atoms with Crippen LogP contribution in [0.5, 0.6) is 0 Å². The van der Waals surface area contributed by atoms with Gasteiger partial charge in [0.1, 0.15) is 0 Å². The molecule has 4 heteroatoms. The van der Waals surface area contributed by atoms with Gasteiger partial charge in [0.05, 0.1) is 5.70 Å². The number of rotatable bonds is 2. The Bertz CT molecular complexity index is 133. The van der Waals surface area contributed by atoms with Crippen molar-refractivity contribution in [1.82, 2.24) is 0 Å². The van der Waals surface area contributed by atoms with E-state index in [9.17, 15) is 4.79 Å². The minimum atomic E-state index is -0.0949. The van der Waals surface area contributed by atoms with Crippen LogP contribution >= 0.6 is 0 Å². The summed E-state index contributed by atoms with van der Waals surface area (Å²) in [7, 11) is 0. The highest BCUT2D eigenvalue weighted by Gasteiger charge is 1.76. The first-order valence-corrected chi connectivity index (χ1v) is 1.50. The van der Waals surface area contributed by atoms with E-state index in [0.29, 0.717) is 6.29 Å². The fourth-order valence-corrected chi connectivity index (χ4v) is 0.0810. The predicted molar refractivity (Wildman–Crippen MR) is 24.3 cm³/mol. The maximum Gasteiger partial charge on any atom is 0.151 e. The summed E-state index contributed by atoms with van der Waals surface area (Å²) in [5, 5.41) is 2.86. The number of hydrogen-bond donors (Lipinski definition) is 0. The highest BCUT2D eigenvalue weighted by molar-refractivity contribution is 5.71. The van der Waals surface area contributed by atoms with Crippen LogP contribution in [0.25, 0.3) is 10.4 Å². The van der Waals surface area contributed by atoms with Crippen LogP contribution in [0.2, 0.25) is 0 Å². The van der Waals surface area contributed by atoms with E-state index < -0.39 is 0 Å². The molecule has 4 nitrogen and oxygen atoms in total. The molecule has 0 fully saturated rings. The number of hydrogen-bond acceptors (Lipinski definition) is 2. The van der Waals surface area contributed by atoms with Gasteiger partial charge in [-0.3, -0.25) is 4.79 Å². The monoisotopic (exact) mass is 97.0 g/mol. The molecule has 36 valence electrons. The number of aldehydes is 1. The number of carbonyl (C=O) groups is 1. The zero-order valence-electron chi connectivity index (χ0n) is 3.53. The van der Waals surface area contributed by atoms with Crippen molar-refractivity contribution in [1.29, 1.82) is 0 Å². The molecular formula is C3H3N3O. The minimum absolute atomic E-state index is 0.0949. The lowest BCUT2D eigenvalue weighted by molar-refractivity contribution is -0.104. The SMILES string of the molecule is C=C(C=O)N=[N+]=[N-]. The molecule has 0 amide bonds. The van der Waals surface area contributed by atoms with Crippen LogP contribution in [0.1, 0.15) is 0 Å². The van der Waals surface area contributed by atoms with Crippen LogP contribution in [0.3, 0.4) is 0 Å². The van der Waals surface area contributed by atoms with Crippen molar-refractivity contribution in [2.45, 2.75) is 0 Å². The van der Waals surface area contributed by atoms with Gasteiger partial charge in [0.15, 0.2) is 6.29 Å². The van der Waals surface area contributed by atoms with E-state index in [1.807, 2.05) is 0 Å². The van der Waals surface area contributed by atoms with E-state index in [1.165, 1.54) is 0 Å². The third kappa shape index (κ3) is 2.52. The quantitative estimate of drug-likeness (QED) is 0.167. The molecule has 0 N–H and O–H groups in total. The van der Waals surface area contributed by atoms with E-state index >= 15 is 0 Å². The summed E-state index contributed by atoms with van der Waals surface area (Å²) in [6, 6.07) is 0. The molecule has 0 aliphatic rings. The summed E-state index contributed by atoms with van der Waals surface area (Å²) in [6.45, 7) is 3.07. The number of allylic oxidation sites excluding steroid dienone is 1. The van der Waals surface area contributed by atoms with Crippen molar-refractivity contribution in [2.24, 2.45) is 5.11 Å². The standard InChI is InChI=1S/C3H3N3O/c1-3(2-7)5-6-4/h2H,1H2. The van der Waals surface area contributed by atoms with Crippen LogP contribution in [-0.2, 0) is 4.79 Å². The average molecular weight is 97.1 g/mol. The normalized spacial score (nSPS) is 6.29. The summed E-state index contributed by atoms with van der Waals surface area (Å²) in [5.41, 5.74) is 7.51. The molecule has 0 aromatic carbocycles. The van der Waals surface area contributed by atoms with E-state index in [4.69, 9.17) is 5.53 Å². The van der Waals surface area contributed by atoms with Gasteiger partial charge in [-0.05, 0) is 5.53 Å². The topological polar surface area (TPSA) is 65.8 Å². The third-order valence-electron chi connectivity index (χ3n) is 0.309. The second kappa shape index (κ2) is 2.93. The Balaban J connectivity index is 3.82. The van der Waals surface area contributed by atoms with Crippen LogP contribution < -0.4 is 0 Å². The average Bonchev–Trinajstić information content (AvgIpc) is 1.68. The Hall–Kier alpha value is -1.28. The fraction of sp³-hybridized carbons (Fsp3) is 0. The van der Waals surface area contributed by atoms with Gasteiger partial charge in [0, 0.05) is 4.91 Å². The van der Waals surface area contributed by atoms with Gasteiger partial charge < -0.3 is 0 Å². The summed E-state index contributed by atoms with van der Waals surface area (Å²) in [6.07, 6.45) is 0.389. The first kappa shape index (κ1) is 5.72. The molecule has 0 unspecified atom stereocenters. The van der Waals surface area contributed by atoms with Crippen LogP contribution in [0.4, 0.5) is 0 Å². The second-order valence-electron chi connectivity index (χ2n) is 0.799. The van der Waals surface area contributed by atoms with Crippen molar-refractivity contribution in [3.63, 3.8) is 0 Å². The molecule has 0 bridgehead atoms. The van der Waals surface area contributed by atoms with Gasteiger partial charge in [-0.25, -0.2) is 0 Å². The van der Waals surface area contributed by atoms with Crippen LogP contribution in [-0.4, -0.2) is 6.29 Å². The maximum atomic E-state index is 9.53. The van der Waals surface area contributed by atoms with Gasteiger partial charge in [0.2, 0.25) is 0 Å². The summed E-state index contributed by atoms with van der Waals surface area (Å²) < 4.78 is 0. The molecule has 0 saturated heterocycles. The number of nitrogens with zero attached hydrogens (tertiary/aromatic N) is 3. The van der Waals surface area contributed by atoms with E-state index in [0.717, 1.165) is 0 Å². The van der Waals surface area contributed by atoms with Crippen molar-refractivity contribution in [3.05, 3.63) is 22.7 Å². The molecular weight excluding hydrogens is 94.1 g/mol. The largest absolute Gasteiger partial charge is 0.298 e. The Morgan fingerprint density at radius 2 is 2.57 bits per heavy atom. The molecule has 0 atom stereocenters. The smallest absolute Gasteiger partial charge is 0.151 e. The van der Waals surface area contributed by atoms with E-state index in [-0.39, 0.29) is 5.70 Å². The minimum Gasteiger partial charge on any atom is -0.298 e. The lowest BCUT2D eigenvalue weighted by atomic mass is 10.6. The predicted octanol–water partition coefficient (Wildman–Crippen LogP) is 1.01. The maximum absolute atomic E-state index is 9.53. The molecule has 0 aliphatic carbocycles. The van der Waals surface area contributed by atoms with Gasteiger partial charge in [-0.15, -0.1) is 0 Å². The molecule has 0 aliphatic heterocycles. The first-order chi connectivity index (χ1) is 3.31. The molecule has 0 aromatic heterocycles. The molecule has 0 aromatic rings.